The lowest BCUT2D eigenvalue weighted by Crippen LogP contribution is -2.44. The number of carbonyl (C=O) groups excluding carboxylic acids is 7. The minimum absolute atomic E-state index is 0.0100. The summed E-state index contributed by atoms with van der Waals surface area (Å²) in [5.41, 5.74) is -1.17. The van der Waals surface area contributed by atoms with E-state index in [4.69, 9.17) is 28.4 Å². The van der Waals surface area contributed by atoms with Crippen LogP contribution in [0.5, 0.6) is 0 Å². The molecule has 64 heavy (non-hydrogen) atoms. The summed E-state index contributed by atoms with van der Waals surface area (Å²) >= 11 is 3.03. The molecule has 0 aromatic heterocycles. The molecule has 0 fully saturated rings. The summed E-state index contributed by atoms with van der Waals surface area (Å²) < 4.78 is 32.2. The highest BCUT2D eigenvalue weighted by Gasteiger charge is 2.27. The number of ether oxygens (including phenoxy) is 6. The van der Waals surface area contributed by atoms with Gasteiger partial charge in [-0.3, -0.25) is 28.8 Å². The maximum atomic E-state index is 12.9. The molecule has 0 heterocycles. The second-order valence-electron chi connectivity index (χ2n) is 17.4. The minimum Gasteiger partial charge on any atom is -0.460 e. The zero-order valence-electron chi connectivity index (χ0n) is 39.8. The van der Waals surface area contributed by atoms with E-state index in [1.54, 1.807) is 20.8 Å². The van der Waals surface area contributed by atoms with E-state index in [0.29, 0.717) is 25.9 Å². The van der Waals surface area contributed by atoms with Crippen molar-refractivity contribution < 1.29 is 62.0 Å². The van der Waals surface area contributed by atoms with Crippen LogP contribution >= 0.6 is 15.9 Å². The molecule has 1 atom stereocenters. The van der Waals surface area contributed by atoms with Crippen LogP contribution in [0.25, 0.3) is 0 Å². The zero-order valence-corrected chi connectivity index (χ0v) is 41.4. The van der Waals surface area contributed by atoms with Crippen LogP contribution in [0.2, 0.25) is 0 Å². The van der Waals surface area contributed by atoms with Gasteiger partial charge in [-0.25, -0.2) is 4.79 Å². The summed E-state index contributed by atoms with van der Waals surface area (Å²) in [6.45, 7) is 13.1. The molecule has 0 unspecified atom stereocenters. The lowest BCUT2D eigenvalue weighted by molar-refractivity contribution is -0.159. The van der Waals surface area contributed by atoms with E-state index in [0.717, 1.165) is 44.9 Å². The minimum atomic E-state index is -0.940. The number of esters is 2. The highest BCUT2D eigenvalue weighted by atomic mass is 79.9. The van der Waals surface area contributed by atoms with Gasteiger partial charge >= 0.3 is 11.9 Å². The van der Waals surface area contributed by atoms with Gasteiger partial charge in [0.2, 0.25) is 29.5 Å². The maximum Gasteiger partial charge on any atom is 0.329 e. The summed E-state index contributed by atoms with van der Waals surface area (Å²) in [5.74, 6) is -2.01. The predicted octanol–water partition coefficient (Wildman–Crippen LogP) is 4.32. The summed E-state index contributed by atoms with van der Waals surface area (Å²) in [7, 11) is 0. The van der Waals surface area contributed by atoms with E-state index in [2.05, 4.69) is 42.5 Å². The highest BCUT2D eigenvalue weighted by molar-refractivity contribution is 9.09. The average molecular weight is 981 g/mol. The Hall–Kier alpha value is -3.39. The smallest absolute Gasteiger partial charge is 0.329 e. The van der Waals surface area contributed by atoms with Crippen molar-refractivity contribution >= 4 is 57.4 Å². The third-order valence-electron chi connectivity index (χ3n) is 8.88. The molecule has 372 valence electrons. The molecule has 0 aromatic rings. The van der Waals surface area contributed by atoms with Gasteiger partial charge in [0.15, 0.2) is 0 Å². The lowest BCUT2D eigenvalue weighted by atomic mass is 10.0. The zero-order chi connectivity index (χ0) is 47.9. The van der Waals surface area contributed by atoms with Crippen LogP contribution in [0.1, 0.15) is 144 Å². The van der Waals surface area contributed by atoms with Gasteiger partial charge in [0, 0.05) is 45.4 Å². The molecule has 5 amide bonds. The Morgan fingerprint density at radius 2 is 0.844 bits per heavy atom. The molecule has 5 N–H and O–H groups in total. The number of rotatable bonds is 40. The molecule has 0 radical (unpaired) electrons. The van der Waals surface area contributed by atoms with E-state index >= 15 is 0 Å². The van der Waals surface area contributed by atoms with Gasteiger partial charge in [-0.1, -0.05) is 80.1 Å². The maximum absolute atomic E-state index is 12.9. The quantitative estimate of drug-likeness (QED) is 0.0328. The molecule has 0 saturated carbocycles. The number of carbonyl (C=O) groups is 7. The third-order valence-corrected chi connectivity index (χ3v) is 9.39. The van der Waals surface area contributed by atoms with Crippen molar-refractivity contribution in [3.05, 3.63) is 0 Å². The normalized spacial score (nSPS) is 11.9. The van der Waals surface area contributed by atoms with Crippen molar-refractivity contribution in [2.75, 3.05) is 84.4 Å². The van der Waals surface area contributed by atoms with Crippen LogP contribution in [0.4, 0.5) is 0 Å². The van der Waals surface area contributed by atoms with Crippen LogP contribution in [-0.4, -0.2) is 143 Å². The van der Waals surface area contributed by atoms with Gasteiger partial charge < -0.3 is 55.0 Å². The van der Waals surface area contributed by atoms with Gasteiger partial charge in [0.05, 0.1) is 45.0 Å². The number of halogens is 1. The Kier molecular flexibility index (Phi) is 36.8. The van der Waals surface area contributed by atoms with Crippen LogP contribution in [0.15, 0.2) is 0 Å². The predicted molar refractivity (Wildman–Crippen MR) is 247 cm³/mol. The summed E-state index contributed by atoms with van der Waals surface area (Å²) in [6, 6.07) is -0.940. The Morgan fingerprint density at radius 1 is 0.438 bits per heavy atom. The third kappa shape index (κ3) is 42.6. The molecular formula is C45H82BrN5O13. The highest BCUT2D eigenvalue weighted by Crippen LogP contribution is 2.15. The number of nitrogens with one attached hydrogen (secondary N) is 5. The SMILES string of the molecule is CC(C)(C)OC(=O)CCCCCCCCCCCCCCC(=O)N[C@@H](CCC(=O)NCCOCCOCC(=O)NCCOCCOCC(=O)NCCNC(=O)CBr)C(=O)OC(C)(C)C. The lowest BCUT2D eigenvalue weighted by Gasteiger charge is -2.24. The first-order valence-corrected chi connectivity index (χ1v) is 24.2. The standard InChI is InChI=1S/C45H82BrN5O13/c1-44(2,3)63-42(57)20-18-16-14-12-10-8-7-9-11-13-15-17-19-38(53)51-36(43(58)64-45(4,5)6)21-22-37(52)49-25-27-59-29-32-62-35-41(56)50-26-28-60-30-31-61-34-40(55)48-24-23-47-39(54)33-46/h36H,7-35H2,1-6H3,(H,47,54)(H,48,55)(H,49,52)(H,50,56)(H,51,53)/t36-/m0/s1. The fourth-order valence-corrected chi connectivity index (χ4v) is 6.01. The van der Waals surface area contributed by atoms with Crippen LogP contribution in [0.3, 0.4) is 0 Å². The first kappa shape index (κ1) is 60.6. The van der Waals surface area contributed by atoms with Crippen molar-refractivity contribution in [3.8, 4) is 0 Å². The van der Waals surface area contributed by atoms with E-state index in [1.807, 2.05) is 20.8 Å². The largest absolute Gasteiger partial charge is 0.460 e. The molecule has 0 rings (SSSR count). The molecule has 18 nitrogen and oxygen atoms in total. The fourth-order valence-electron chi connectivity index (χ4n) is 5.82. The van der Waals surface area contributed by atoms with E-state index in [9.17, 15) is 33.6 Å². The molecule has 19 heteroatoms. The number of hydrogen-bond acceptors (Lipinski definition) is 13. The second-order valence-corrected chi connectivity index (χ2v) is 17.9. The van der Waals surface area contributed by atoms with E-state index in [-0.39, 0.29) is 120 Å². The summed E-state index contributed by atoms with van der Waals surface area (Å²) in [6.07, 6.45) is 13.8. The molecule has 0 aromatic carbocycles. The van der Waals surface area contributed by atoms with Crippen molar-refractivity contribution in [2.24, 2.45) is 0 Å². The molecule has 0 aliphatic heterocycles. The molecule has 0 saturated heterocycles. The van der Waals surface area contributed by atoms with Crippen LogP contribution in [-0.2, 0) is 62.0 Å². The van der Waals surface area contributed by atoms with Crippen molar-refractivity contribution in [1.82, 2.24) is 26.6 Å². The van der Waals surface area contributed by atoms with Crippen molar-refractivity contribution in [2.45, 2.75) is 162 Å². The van der Waals surface area contributed by atoms with E-state index < -0.39 is 23.2 Å². The Bertz CT molecular complexity index is 1310. The molecule has 0 spiro atoms. The number of unbranched alkanes of at least 4 members (excludes halogenated alkanes) is 11. The Labute approximate surface area is 390 Å². The molecular weight excluding hydrogens is 898 g/mol. The summed E-state index contributed by atoms with van der Waals surface area (Å²) in [4.78, 5) is 84.7. The Balaban J connectivity index is 3.98. The van der Waals surface area contributed by atoms with Crippen LogP contribution < -0.4 is 26.6 Å². The van der Waals surface area contributed by atoms with Crippen molar-refractivity contribution in [1.29, 1.82) is 0 Å². The van der Waals surface area contributed by atoms with E-state index in [1.165, 1.54) is 32.1 Å². The van der Waals surface area contributed by atoms with Gasteiger partial charge in [0.1, 0.15) is 30.5 Å². The number of alkyl halides is 1. The van der Waals surface area contributed by atoms with Gasteiger partial charge in [-0.05, 0) is 60.8 Å². The second kappa shape index (κ2) is 38.8. The first-order valence-electron chi connectivity index (χ1n) is 23.1. The molecule has 0 aliphatic carbocycles. The number of hydrogen-bond donors (Lipinski definition) is 5. The van der Waals surface area contributed by atoms with Gasteiger partial charge in [0.25, 0.3) is 0 Å². The average Bonchev–Trinajstić information content (AvgIpc) is 3.21. The fraction of sp³-hybridized carbons (Fsp3) is 0.844. The molecule has 0 bridgehead atoms. The molecule has 0 aliphatic rings. The van der Waals surface area contributed by atoms with Crippen molar-refractivity contribution in [3.63, 3.8) is 0 Å². The first-order chi connectivity index (χ1) is 30.4. The number of amides is 5. The Morgan fingerprint density at radius 3 is 1.31 bits per heavy atom. The van der Waals surface area contributed by atoms with Gasteiger partial charge in [-0.15, -0.1) is 0 Å². The topological polar surface area (TPSA) is 235 Å². The van der Waals surface area contributed by atoms with Gasteiger partial charge in [-0.2, -0.15) is 0 Å². The van der Waals surface area contributed by atoms with Crippen LogP contribution in [0, 0.1) is 0 Å². The monoisotopic (exact) mass is 980 g/mol. The summed E-state index contributed by atoms with van der Waals surface area (Å²) in [5, 5.41) is 13.6.